The SMILES string of the molecule is O=S(=O)(/C=C/c1ccccc1)N1CCN(Cc2nnnn2-c2ccccc2)CC1. The van der Waals surface area contributed by atoms with Crippen molar-refractivity contribution in [2.24, 2.45) is 0 Å². The lowest BCUT2D eigenvalue weighted by atomic mass is 10.2. The number of tetrazole rings is 1. The van der Waals surface area contributed by atoms with E-state index in [1.165, 1.54) is 9.71 Å². The molecule has 4 rings (SSSR count). The van der Waals surface area contributed by atoms with E-state index in [4.69, 9.17) is 0 Å². The third kappa shape index (κ3) is 4.76. The van der Waals surface area contributed by atoms with Gasteiger partial charge in [-0.3, -0.25) is 4.90 Å². The molecule has 0 spiro atoms. The number of benzene rings is 2. The zero-order chi connectivity index (χ0) is 20.1. The molecule has 0 unspecified atom stereocenters. The van der Waals surface area contributed by atoms with Gasteiger partial charge in [0.05, 0.1) is 12.2 Å². The summed E-state index contributed by atoms with van der Waals surface area (Å²) in [5.41, 5.74) is 1.77. The molecule has 0 saturated carbocycles. The van der Waals surface area contributed by atoms with Crippen LogP contribution in [-0.4, -0.2) is 64.0 Å². The Labute approximate surface area is 170 Å². The van der Waals surface area contributed by atoms with E-state index in [9.17, 15) is 8.42 Å². The van der Waals surface area contributed by atoms with Crippen molar-refractivity contribution < 1.29 is 8.42 Å². The normalized spacial score (nSPS) is 16.4. The number of nitrogens with zero attached hydrogens (tertiary/aromatic N) is 6. The quantitative estimate of drug-likeness (QED) is 0.616. The zero-order valence-electron chi connectivity index (χ0n) is 15.9. The molecule has 0 N–H and O–H groups in total. The van der Waals surface area contributed by atoms with Gasteiger partial charge in [-0.2, -0.15) is 8.99 Å². The van der Waals surface area contributed by atoms with E-state index in [1.807, 2.05) is 60.7 Å². The van der Waals surface area contributed by atoms with Gasteiger partial charge < -0.3 is 0 Å². The Balaban J connectivity index is 1.37. The van der Waals surface area contributed by atoms with Gasteiger partial charge in [0, 0.05) is 31.6 Å². The topological polar surface area (TPSA) is 84.2 Å². The summed E-state index contributed by atoms with van der Waals surface area (Å²) in [6.07, 6.45) is 1.63. The highest BCUT2D eigenvalue weighted by Crippen LogP contribution is 2.14. The van der Waals surface area contributed by atoms with Crippen LogP contribution in [0.2, 0.25) is 0 Å². The van der Waals surface area contributed by atoms with Crippen molar-refractivity contribution in [3.8, 4) is 5.69 Å². The molecule has 1 aliphatic heterocycles. The molecule has 3 aromatic rings. The molecule has 1 aliphatic rings. The van der Waals surface area contributed by atoms with Gasteiger partial charge in [0.25, 0.3) is 0 Å². The van der Waals surface area contributed by atoms with E-state index < -0.39 is 10.0 Å². The van der Waals surface area contributed by atoms with Crippen LogP contribution in [-0.2, 0) is 16.6 Å². The summed E-state index contributed by atoms with van der Waals surface area (Å²) in [5.74, 6) is 0.733. The number of sulfonamides is 1. The van der Waals surface area contributed by atoms with Crippen molar-refractivity contribution in [2.45, 2.75) is 6.54 Å². The molecule has 1 aromatic heterocycles. The van der Waals surface area contributed by atoms with Crippen LogP contribution in [0, 0.1) is 0 Å². The fourth-order valence-electron chi connectivity index (χ4n) is 3.23. The number of rotatable bonds is 6. The van der Waals surface area contributed by atoms with Gasteiger partial charge in [0.2, 0.25) is 10.0 Å². The first-order valence-corrected chi connectivity index (χ1v) is 10.9. The third-order valence-corrected chi connectivity index (χ3v) is 6.39. The molecule has 9 heteroatoms. The molecule has 1 saturated heterocycles. The van der Waals surface area contributed by atoms with Crippen molar-refractivity contribution in [1.82, 2.24) is 29.4 Å². The van der Waals surface area contributed by atoms with Gasteiger partial charge in [0.15, 0.2) is 5.82 Å². The molecule has 1 fully saturated rings. The van der Waals surface area contributed by atoms with Crippen molar-refractivity contribution in [1.29, 1.82) is 0 Å². The van der Waals surface area contributed by atoms with Crippen molar-refractivity contribution >= 4 is 16.1 Å². The molecular weight excluding hydrogens is 388 g/mol. The van der Waals surface area contributed by atoms with E-state index in [2.05, 4.69) is 20.4 Å². The smallest absolute Gasteiger partial charge is 0.236 e. The predicted molar refractivity (Wildman–Crippen MR) is 110 cm³/mol. The Hall–Kier alpha value is -2.88. The average molecular weight is 411 g/mol. The van der Waals surface area contributed by atoms with Crippen LogP contribution in [0.5, 0.6) is 0 Å². The van der Waals surface area contributed by atoms with Gasteiger partial charge in [-0.1, -0.05) is 48.5 Å². The Morgan fingerprint density at radius 2 is 1.55 bits per heavy atom. The molecule has 0 amide bonds. The molecule has 2 heterocycles. The molecule has 0 aliphatic carbocycles. The number of aromatic nitrogens is 4. The van der Waals surface area contributed by atoms with E-state index >= 15 is 0 Å². The van der Waals surface area contributed by atoms with Gasteiger partial charge in [-0.05, 0) is 34.2 Å². The van der Waals surface area contributed by atoms with E-state index in [1.54, 1.807) is 10.8 Å². The second-order valence-corrected chi connectivity index (χ2v) is 8.59. The van der Waals surface area contributed by atoms with Crippen molar-refractivity contribution in [3.05, 3.63) is 77.5 Å². The van der Waals surface area contributed by atoms with Gasteiger partial charge in [0.1, 0.15) is 0 Å². The van der Waals surface area contributed by atoms with Gasteiger partial charge in [-0.15, -0.1) is 5.10 Å². The average Bonchev–Trinajstić information content (AvgIpc) is 3.22. The molecule has 29 heavy (non-hydrogen) atoms. The lowest BCUT2D eigenvalue weighted by Crippen LogP contribution is -2.47. The number of piperazine rings is 1. The molecule has 0 atom stereocenters. The van der Waals surface area contributed by atoms with Crippen LogP contribution in [0.15, 0.2) is 66.1 Å². The molecular formula is C20H22N6O2S. The highest BCUT2D eigenvalue weighted by atomic mass is 32.2. The second-order valence-electron chi connectivity index (χ2n) is 6.78. The highest BCUT2D eigenvalue weighted by Gasteiger charge is 2.26. The van der Waals surface area contributed by atoms with Crippen LogP contribution < -0.4 is 0 Å². The minimum atomic E-state index is -3.44. The standard InChI is InChI=1S/C20H22N6O2S/c27-29(28,16-11-18-7-3-1-4-8-18)25-14-12-24(13-15-25)17-20-21-22-23-26(20)19-9-5-2-6-10-19/h1-11,16H,12-15,17H2/b16-11+. The van der Waals surface area contributed by atoms with E-state index in [-0.39, 0.29) is 0 Å². The predicted octanol–water partition coefficient (Wildman–Crippen LogP) is 1.78. The van der Waals surface area contributed by atoms with E-state index in [0.717, 1.165) is 17.1 Å². The maximum atomic E-state index is 12.6. The first kappa shape index (κ1) is 19.4. The summed E-state index contributed by atoms with van der Waals surface area (Å²) >= 11 is 0. The Morgan fingerprint density at radius 3 is 2.24 bits per heavy atom. The lowest BCUT2D eigenvalue weighted by molar-refractivity contribution is 0.178. The molecule has 0 bridgehead atoms. The first-order valence-electron chi connectivity index (χ1n) is 9.40. The van der Waals surface area contributed by atoms with Gasteiger partial charge in [-0.25, -0.2) is 8.42 Å². The summed E-state index contributed by atoms with van der Waals surface area (Å²) in [7, 11) is -3.44. The Kier molecular flexibility index (Phi) is 5.79. The fourth-order valence-corrected chi connectivity index (χ4v) is 4.40. The highest BCUT2D eigenvalue weighted by molar-refractivity contribution is 7.92. The molecule has 2 aromatic carbocycles. The zero-order valence-corrected chi connectivity index (χ0v) is 16.7. The summed E-state index contributed by atoms with van der Waals surface area (Å²) in [4.78, 5) is 2.16. The van der Waals surface area contributed by atoms with Crippen molar-refractivity contribution in [3.63, 3.8) is 0 Å². The van der Waals surface area contributed by atoms with E-state index in [0.29, 0.717) is 32.7 Å². The first-order chi connectivity index (χ1) is 14.1. The van der Waals surface area contributed by atoms with Crippen LogP contribution >= 0.6 is 0 Å². The van der Waals surface area contributed by atoms with Crippen LogP contribution in [0.3, 0.4) is 0 Å². The molecule has 8 nitrogen and oxygen atoms in total. The van der Waals surface area contributed by atoms with Crippen molar-refractivity contribution in [2.75, 3.05) is 26.2 Å². The number of hydrogen-bond donors (Lipinski definition) is 0. The number of para-hydroxylation sites is 1. The minimum Gasteiger partial charge on any atom is -0.293 e. The third-order valence-electron chi connectivity index (χ3n) is 4.82. The molecule has 150 valence electrons. The summed E-state index contributed by atoms with van der Waals surface area (Å²) in [6, 6.07) is 19.1. The summed E-state index contributed by atoms with van der Waals surface area (Å²) in [5, 5.41) is 13.3. The Bertz CT molecular complexity index is 1060. The monoisotopic (exact) mass is 410 g/mol. The van der Waals surface area contributed by atoms with Gasteiger partial charge >= 0.3 is 0 Å². The summed E-state index contributed by atoms with van der Waals surface area (Å²) in [6.45, 7) is 2.69. The van der Waals surface area contributed by atoms with Crippen LogP contribution in [0.1, 0.15) is 11.4 Å². The minimum absolute atomic E-state index is 0.439. The lowest BCUT2D eigenvalue weighted by Gasteiger charge is -2.32. The van der Waals surface area contributed by atoms with Crippen LogP contribution in [0.25, 0.3) is 11.8 Å². The maximum absolute atomic E-state index is 12.6. The maximum Gasteiger partial charge on any atom is 0.236 e. The second kappa shape index (κ2) is 8.64. The summed E-state index contributed by atoms with van der Waals surface area (Å²) < 4.78 is 28.4. The largest absolute Gasteiger partial charge is 0.293 e. The Morgan fingerprint density at radius 1 is 0.897 bits per heavy atom. The van der Waals surface area contributed by atoms with Crippen LogP contribution in [0.4, 0.5) is 0 Å². The molecule has 0 radical (unpaired) electrons. The fraction of sp³-hybridized carbons (Fsp3) is 0.250. The number of hydrogen-bond acceptors (Lipinski definition) is 6.